The van der Waals surface area contributed by atoms with Gasteiger partial charge in [-0.1, -0.05) is 106 Å². The van der Waals surface area contributed by atoms with Gasteiger partial charge in [-0.25, -0.2) is 5.57 Å². The fourth-order valence-corrected chi connectivity index (χ4v) is 11.8. The van der Waals surface area contributed by atoms with Crippen molar-refractivity contribution in [2.75, 3.05) is 0 Å². The van der Waals surface area contributed by atoms with Crippen LogP contribution >= 0.6 is 0 Å². The summed E-state index contributed by atoms with van der Waals surface area (Å²) < 4.78 is 0. The molecule has 0 amide bonds. The Morgan fingerprint density at radius 1 is 0.828 bits per heavy atom. The molecule has 2 rings (SSSR count). The third-order valence-electron chi connectivity index (χ3n) is 6.97. The summed E-state index contributed by atoms with van der Waals surface area (Å²) in [5, 5.41) is 3.39. The van der Waals surface area contributed by atoms with Gasteiger partial charge in [0.1, 0.15) is 0 Å². The molecule has 1 atom stereocenters. The Labute approximate surface area is 201 Å². The fraction of sp³-hybridized carbons (Fsp3) is 0.500. The summed E-state index contributed by atoms with van der Waals surface area (Å²) in [5.74, 6) is 0. The first-order chi connectivity index (χ1) is 11.4. The van der Waals surface area contributed by atoms with E-state index >= 15 is 0 Å². The van der Waals surface area contributed by atoms with Gasteiger partial charge in [0.2, 0.25) is 0 Å². The van der Waals surface area contributed by atoms with Crippen LogP contribution in [0.2, 0.25) is 36.8 Å². The molecule has 0 radical (unpaired) electrons. The quantitative estimate of drug-likeness (QED) is 0.315. The zero-order valence-electron chi connectivity index (χ0n) is 21.6. The van der Waals surface area contributed by atoms with Crippen molar-refractivity contribution in [3.05, 3.63) is 68.8 Å². The third kappa shape index (κ3) is 5.56. The summed E-state index contributed by atoms with van der Waals surface area (Å²) in [6.45, 7) is 23.9. The maximum absolute atomic E-state index is 3.96. The van der Waals surface area contributed by atoms with Crippen molar-refractivity contribution >= 4 is 26.5 Å². The molecule has 0 aromatic heterocycles. The molecule has 0 nitrogen and oxygen atoms in total. The molecular weight excluding hydrogens is 416 g/mol. The van der Waals surface area contributed by atoms with Gasteiger partial charge in [0.15, 0.2) is 0 Å². The van der Waals surface area contributed by atoms with Crippen LogP contribution in [0.5, 0.6) is 0 Å². The molecule has 162 valence electrons. The zero-order chi connectivity index (χ0) is 19.2. The van der Waals surface area contributed by atoms with Crippen LogP contribution in [0.25, 0.3) is 0 Å². The number of hydrogen-bond acceptors (Lipinski definition) is 0. The van der Waals surface area contributed by atoms with Crippen molar-refractivity contribution in [2.24, 2.45) is 0 Å². The van der Waals surface area contributed by atoms with Crippen molar-refractivity contribution < 1.29 is 21.7 Å². The van der Waals surface area contributed by atoms with Crippen LogP contribution in [0.3, 0.4) is 0 Å². The van der Waals surface area contributed by atoms with Gasteiger partial charge in [-0.3, -0.25) is 6.08 Å². The van der Waals surface area contributed by atoms with E-state index in [2.05, 4.69) is 92.4 Å². The summed E-state index contributed by atoms with van der Waals surface area (Å²) in [6.07, 6.45) is 3.96. The summed E-state index contributed by atoms with van der Waals surface area (Å²) >= 11 is 0. The Morgan fingerprint density at radius 2 is 1.28 bits per heavy atom. The molecule has 3 heteroatoms. The van der Waals surface area contributed by atoms with E-state index in [1.54, 1.807) is 15.9 Å². The van der Waals surface area contributed by atoms with Gasteiger partial charge < -0.3 is 22.3 Å². The molecule has 0 bridgehead atoms. The topological polar surface area (TPSA) is 0 Å². The number of aryl methyl sites for hydroxylation is 1. The molecule has 0 fully saturated rings. The molecule has 0 heterocycles. The average Bonchev–Trinajstić information content (AvgIpc) is 2.72. The van der Waals surface area contributed by atoms with Crippen LogP contribution in [-0.4, -0.2) is 16.1 Å². The van der Waals surface area contributed by atoms with E-state index < -0.39 is 16.1 Å². The maximum atomic E-state index is 3.96. The Balaban J connectivity index is -0.00000169. The van der Waals surface area contributed by atoms with E-state index in [9.17, 15) is 0 Å². The van der Waals surface area contributed by atoms with E-state index in [1.807, 2.05) is 0 Å². The van der Waals surface area contributed by atoms with E-state index in [-0.39, 0.29) is 49.0 Å². The summed E-state index contributed by atoms with van der Waals surface area (Å²) in [7, 11) is -3.09. The molecule has 1 aliphatic carbocycles. The molecule has 1 unspecified atom stereocenters. The monoisotopic (exact) mass is 462 g/mol. The molecule has 0 spiro atoms. The first-order valence-corrected chi connectivity index (χ1v) is 15.8. The molecule has 1 aromatic carbocycles. The molecule has 0 aliphatic heterocycles. The zero-order valence-corrected chi connectivity index (χ0v) is 25.2. The molecule has 29 heavy (non-hydrogen) atoms. The average molecular weight is 463 g/mol. The third-order valence-corrected chi connectivity index (χ3v) is 15.2. The van der Waals surface area contributed by atoms with Crippen LogP contribution in [0.1, 0.15) is 47.1 Å². The largest absolute Gasteiger partial charge is 4.00 e. The second kappa shape index (κ2) is 11.5. The van der Waals surface area contributed by atoms with Crippen LogP contribution in [0, 0.1) is 35.3 Å². The van der Waals surface area contributed by atoms with Crippen LogP contribution in [-0.2, 0) is 21.7 Å². The molecule has 1 aliphatic rings. The first-order valence-electron chi connectivity index (χ1n) is 9.85. The Hall–Kier alpha value is -0.152. The second-order valence-corrected chi connectivity index (χ2v) is 19.5. The molecule has 0 saturated carbocycles. The molecule has 0 N–H and O–H groups in total. The number of allylic oxidation sites excluding steroid dienone is 4. The smallest absolute Gasteiger partial charge is 0.358 e. The number of benzene rings is 1. The van der Waals surface area contributed by atoms with Gasteiger partial charge in [0.05, 0.1) is 16.1 Å². The predicted octanol–water partition coefficient (Wildman–Crippen LogP) is 7.44. The standard InChI is InChI=1S/C23H37Si2.3CH3.Ti/c1-11-25(12-2,23(7)16-18(4)19(5)20(23)6)22-14-17(3)13-21(15-22)24(8,9)10;;;;/h13-15H,11-12H2,1-10H3;3*1H3;/q4*-1;+4. The van der Waals surface area contributed by atoms with Crippen LogP contribution in [0.4, 0.5) is 0 Å². The number of rotatable bonds is 5. The normalized spacial score (nSPS) is 18.8. The Morgan fingerprint density at radius 3 is 1.62 bits per heavy atom. The Kier molecular flexibility index (Phi) is 13.2. The van der Waals surface area contributed by atoms with Gasteiger partial charge in [-0.05, 0) is 6.92 Å². The molecule has 0 saturated heterocycles. The van der Waals surface area contributed by atoms with Crippen LogP contribution < -0.4 is 10.4 Å². The van der Waals surface area contributed by atoms with E-state index in [0.717, 1.165) is 0 Å². The molecule has 1 aromatic rings. The van der Waals surface area contributed by atoms with E-state index in [1.165, 1.54) is 28.8 Å². The minimum Gasteiger partial charge on any atom is -0.358 e. The van der Waals surface area contributed by atoms with E-state index in [4.69, 9.17) is 0 Å². The summed E-state index contributed by atoms with van der Waals surface area (Å²) in [5.41, 5.74) is 5.85. The van der Waals surface area contributed by atoms with Gasteiger partial charge in [0.25, 0.3) is 0 Å². The maximum Gasteiger partial charge on any atom is 4.00 e. The number of hydrogen-bond donors (Lipinski definition) is 0. The van der Waals surface area contributed by atoms with Crippen molar-refractivity contribution in [2.45, 2.75) is 85.2 Å². The summed E-state index contributed by atoms with van der Waals surface area (Å²) in [4.78, 5) is 0. The minimum atomic E-state index is -1.77. The van der Waals surface area contributed by atoms with Gasteiger partial charge >= 0.3 is 21.7 Å². The van der Waals surface area contributed by atoms with Gasteiger partial charge in [0, 0.05) is 0 Å². The van der Waals surface area contributed by atoms with Crippen molar-refractivity contribution in [1.82, 2.24) is 0 Å². The SMILES string of the molecule is CC[Si](CC)(c1cc(C)cc([Si](C)(C)C)c1)C1(C)[C-]=C(C)C(C)=C1C.[CH3-].[CH3-].[CH3-].[Ti+4]. The van der Waals surface area contributed by atoms with Crippen molar-refractivity contribution in [1.29, 1.82) is 0 Å². The van der Waals surface area contributed by atoms with Gasteiger partial charge in [-0.15, -0.1) is 6.92 Å². The van der Waals surface area contributed by atoms with Gasteiger partial charge in [-0.2, -0.15) is 11.1 Å². The molecular formula is C26H46Si2Ti. The first kappa shape index (κ1) is 33.5. The van der Waals surface area contributed by atoms with Crippen molar-refractivity contribution in [3.63, 3.8) is 0 Å². The predicted molar refractivity (Wildman–Crippen MR) is 139 cm³/mol. The van der Waals surface area contributed by atoms with E-state index in [0.29, 0.717) is 0 Å². The minimum absolute atomic E-state index is 0. The van der Waals surface area contributed by atoms with Crippen molar-refractivity contribution in [3.8, 4) is 0 Å². The Bertz CT molecular complexity index is 734. The second-order valence-electron chi connectivity index (χ2n) is 9.25. The summed E-state index contributed by atoms with van der Waals surface area (Å²) in [6, 6.07) is 10.1. The fourth-order valence-electron chi connectivity index (χ4n) is 4.84. The van der Waals surface area contributed by atoms with Crippen LogP contribution in [0.15, 0.2) is 34.9 Å².